The number of hydrogen-bond donors (Lipinski definition) is 2. The molecule has 90 valence electrons. The summed E-state index contributed by atoms with van der Waals surface area (Å²) in [5.41, 5.74) is 3.22. The Morgan fingerprint density at radius 3 is 3.12 bits per heavy atom. The van der Waals surface area contributed by atoms with Gasteiger partial charge >= 0.3 is 0 Å². The molecule has 0 fully saturated rings. The lowest BCUT2D eigenvalue weighted by Gasteiger charge is -2.24. The van der Waals surface area contributed by atoms with Gasteiger partial charge in [0.2, 0.25) is 0 Å². The SMILES string of the molecule is Cn1c2c(c3ccc(F)cc31)CCNC2CO. The highest BCUT2D eigenvalue weighted by Crippen LogP contribution is 2.32. The van der Waals surface area contributed by atoms with Crippen LogP contribution >= 0.6 is 0 Å². The Hall–Kier alpha value is -1.39. The Kier molecular flexibility index (Phi) is 2.42. The van der Waals surface area contributed by atoms with Gasteiger partial charge in [-0.1, -0.05) is 0 Å². The van der Waals surface area contributed by atoms with Crippen molar-refractivity contribution >= 4 is 10.9 Å². The number of aryl methyl sites for hydroxylation is 1. The molecule has 3 nitrogen and oxygen atoms in total. The van der Waals surface area contributed by atoms with Gasteiger partial charge in [-0.15, -0.1) is 0 Å². The quantitative estimate of drug-likeness (QED) is 0.784. The topological polar surface area (TPSA) is 37.2 Å². The maximum absolute atomic E-state index is 13.3. The number of rotatable bonds is 1. The number of aliphatic hydroxyl groups excluding tert-OH is 1. The van der Waals surface area contributed by atoms with E-state index in [0.717, 1.165) is 29.6 Å². The number of aliphatic hydroxyl groups is 1. The van der Waals surface area contributed by atoms with Gasteiger partial charge in [-0.2, -0.15) is 0 Å². The molecule has 2 N–H and O–H groups in total. The van der Waals surface area contributed by atoms with E-state index >= 15 is 0 Å². The summed E-state index contributed by atoms with van der Waals surface area (Å²) in [5, 5.41) is 13.8. The smallest absolute Gasteiger partial charge is 0.125 e. The second-order valence-corrected chi connectivity index (χ2v) is 4.52. The van der Waals surface area contributed by atoms with E-state index < -0.39 is 0 Å². The highest BCUT2D eigenvalue weighted by molar-refractivity contribution is 5.86. The van der Waals surface area contributed by atoms with Crippen LogP contribution < -0.4 is 5.32 Å². The van der Waals surface area contributed by atoms with Gasteiger partial charge in [0.05, 0.1) is 18.2 Å². The van der Waals surface area contributed by atoms with Gasteiger partial charge in [0.25, 0.3) is 0 Å². The Balaban J connectivity index is 2.33. The largest absolute Gasteiger partial charge is 0.394 e. The number of fused-ring (bicyclic) bond motifs is 3. The number of nitrogens with zero attached hydrogens (tertiary/aromatic N) is 1. The zero-order chi connectivity index (χ0) is 12.0. The van der Waals surface area contributed by atoms with E-state index in [9.17, 15) is 9.50 Å². The number of hydrogen-bond acceptors (Lipinski definition) is 2. The number of halogens is 1. The molecule has 1 aromatic carbocycles. The lowest BCUT2D eigenvalue weighted by Crippen LogP contribution is -2.33. The Bertz CT molecular complexity index is 576. The van der Waals surface area contributed by atoms with E-state index in [0.29, 0.717) is 0 Å². The first kappa shape index (κ1) is 10.7. The molecule has 0 aliphatic carbocycles. The molecule has 0 saturated carbocycles. The molecule has 1 aromatic heterocycles. The molecule has 0 radical (unpaired) electrons. The van der Waals surface area contributed by atoms with E-state index in [2.05, 4.69) is 5.32 Å². The molecular formula is C13H15FN2O. The predicted octanol–water partition coefficient (Wildman–Crippen LogP) is 1.50. The van der Waals surface area contributed by atoms with Crippen molar-refractivity contribution in [2.75, 3.05) is 13.2 Å². The average molecular weight is 234 g/mol. The van der Waals surface area contributed by atoms with Crippen molar-refractivity contribution < 1.29 is 9.50 Å². The fraction of sp³-hybridized carbons (Fsp3) is 0.385. The summed E-state index contributed by atoms with van der Waals surface area (Å²) in [6.45, 7) is 0.925. The number of nitrogens with one attached hydrogen (secondary N) is 1. The highest BCUT2D eigenvalue weighted by atomic mass is 19.1. The molecule has 2 aromatic rings. The van der Waals surface area contributed by atoms with Crippen molar-refractivity contribution in [3.05, 3.63) is 35.3 Å². The lowest BCUT2D eigenvalue weighted by atomic mass is 10.00. The van der Waals surface area contributed by atoms with Crippen LogP contribution in [0.3, 0.4) is 0 Å². The second-order valence-electron chi connectivity index (χ2n) is 4.52. The first-order chi connectivity index (χ1) is 8.22. The molecule has 0 bridgehead atoms. The van der Waals surface area contributed by atoms with Gasteiger partial charge in [-0.05, 0) is 36.7 Å². The van der Waals surface area contributed by atoms with E-state index in [4.69, 9.17) is 0 Å². The van der Waals surface area contributed by atoms with Crippen LogP contribution in [0, 0.1) is 5.82 Å². The predicted molar refractivity (Wildman–Crippen MR) is 64.4 cm³/mol. The highest BCUT2D eigenvalue weighted by Gasteiger charge is 2.25. The molecule has 0 amide bonds. The lowest BCUT2D eigenvalue weighted by molar-refractivity contribution is 0.235. The molecule has 0 spiro atoms. The zero-order valence-corrected chi connectivity index (χ0v) is 9.70. The van der Waals surface area contributed by atoms with Crippen molar-refractivity contribution in [2.45, 2.75) is 12.5 Å². The van der Waals surface area contributed by atoms with Crippen LogP contribution in [-0.2, 0) is 13.5 Å². The van der Waals surface area contributed by atoms with Crippen LogP contribution in [0.4, 0.5) is 4.39 Å². The van der Waals surface area contributed by atoms with E-state index in [1.807, 2.05) is 17.7 Å². The van der Waals surface area contributed by atoms with Crippen LogP contribution in [0.25, 0.3) is 10.9 Å². The summed E-state index contributed by atoms with van der Waals surface area (Å²) >= 11 is 0. The van der Waals surface area contributed by atoms with Gasteiger partial charge < -0.3 is 15.0 Å². The van der Waals surface area contributed by atoms with Gasteiger partial charge in [-0.25, -0.2) is 4.39 Å². The normalized spacial score (nSPS) is 19.6. The third kappa shape index (κ3) is 1.48. The fourth-order valence-corrected chi connectivity index (χ4v) is 2.83. The Morgan fingerprint density at radius 1 is 1.53 bits per heavy atom. The summed E-state index contributed by atoms with van der Waals surface area (Å²) < 4.78 is 15.3. The molecule has 0 saturated heterocycles. The van der Waals surface area contributed by atoms with Gasteiger partial charge in [-0.3, -0.25) is 0 Å². The summed E-state index contributed by atoms with van der Waals surface area (Å²) in [5.74, 6) is -0.219. The van der Waals surface area contributed by atoms with Crippen molar-refractivity contribution in [1.29, 1.82) is 0 Å². The minimum Gasteiger partial charge on any atom is -0.394 e. The Morgan fingerprint density at radius 2 is 2.35 bits per heavy atom. The van der Waals surface area contributed by atoms with Gasteiger partial charge in [0, 0.05) is 18.1 Å². The summed E-state index contributed by atoms with van der Waals surface area (Å²) in [7, 11) is 1.93. The molecule has 1 aliphatic heterocycles. The van der Waals surface area contributed by atoms with E-state index in [1.54, 1.807) is 6.07 Å². The van der Waals surface area contributed by atoms with Gasteiger partial charge in [0.15, 0.2) is 0 Å². The fourth-order valence-electron chi connectivity index (χ4n) is 2.83. The van der Waals surface area contributed by atoms with Crippen LogP contribution in [0.5, 0.6) is 0 Å². The average Bonchev–Trinajstić information content (AvgIpc) is 2.63. The first-order valence-electron chi connectivity index (χ1n) is 5.83. The molecule has 1 atom stereocenters. The minimum atomic E-state index is -0.219. The first-order valence-corrected chi connectivity index (χ1v) is 5.83. The van der Waals surface area contributed by atoms with Crippen LogP contribution in [0.1, 0.15) is 17.3 Å². The maximum atomic E-state index is 13.3. The van der Waals surface area contributed by atoms with Crippen LogP contribution in [0.2, 0.25) is 0 Å². The third-order valence-corrected chi connectivity index (χ3v) is 3.60. The van der Waals surface area contributed by atoms with Crippen molar-refractivity contribution in [3.8, 4) is 0 Å². The molecule has 17 heavy (non-hydrogen) atoms. The number of aromatic nitrogens is 1. The Labute approximate surface area is 98.9 Å². The molecule has 4 heteroatoms. The summed E-state index contributed by atoms with van der Waals surface area (Å²) in [6, 6.07) is 4.85. The zero-order valence-electron chi connectivity index (χ0n) is 9.70. The van der Waals surface area contributed by atoms with Crippen LogP contribution in [0.15, 0.2) is 18.2 Å². The molecule has 2 heterocycles. The molecule has 1 aliphatic rings. The van der Waals surface area contributed by atoms with Gasteiger partial charge in [0.1, 0.15) is 5.82 Å². The molecule has 1 unspecified atom stereocenters. The summed E-state index contributed by atoms with van der Waals surface area (Å²) in [6.07, 6.45) is 0.925. The second kappa shape index (κ2) is 3.82. The van der Waals surface area contributed by atoms with Crippen molar-refractivity contribution in [3.63, 3.8) is 0 Å². The van der Waals surface area contributed by atoms with E-state index in [-0.39, 0.29) is 18.5 Å². The molecular weight excluding hydrogens is 219 g/mol. The standard InChI is InChI=1S/C13H15FN2O/c1-16-12-6-8(14)2-3-9(12)10-4-5-15-11(7-17)13(10)16/h2-3,6,11,15,17H,4-5,7H2,1H3. The molecule has 3 rings (SSSR count). The van der Waals surface area contributed by atoms with Crippen LogP contribution in [-0.4, -0.2) is 22.8 Å². The van der Waals surface area contributed by atoms with E-state index in [1.165, 1.54) is 11.6 Å². The minimum absolute atomic E-state index is 0.0424. The number of benzene rings is 1. The summed E-state index contributed by atoms with van der Waals surface area (Å²) in [4.78, 5) is 0. The third-order valence-electron chi connectivity index (χ3n) is 3.60. The monoisotopic (exact) mass is 234 g/mol. The maximum Gasteiger partial charge on any atom is 0.125 e. The van der Waals surface area contributed by atoms with Crippen molar-refractivity contribution in [2.24, 2.45) is 7.05 Å². The van der Waals surface area contributed by atoms with Crippen molar-refractivity contribution in [1.82, 2.24) is 9.88 Å².